The molecular formula is C19H25ClN6O2. The summed E-state index contributed by atoms with van der Waals surface area (Å²) in [6.45, 7) is 5.27. The molecule has 2 amide bonds. The summed E-state index contributed by atoms with van der Waals surface area (Å²) >= 11 is 5.98. The average Bonchev–Trinajstić information content (AvgIpc) is 2.72. The Kier molecular flexibility index (Phi) is 7.27. The standard InChI is InChI=1S/C19H25ClN6O2/c1-28-17-5-4-15(20)14-16(17)24-19(27)23-8-3-9-25-10-12-26(13-11-25)18-21-6-2-7-22-18/h2,4-7,14H,3,8-13H2,1H3,(H2,23,24,27). The van der Waals surface area contributed by atoms with Gasteiger partial charge in [-0.1, -0.05) is 11.6 Å². The summed E-state index contributed by atoms with van der Waals surface area (Å²) in [4.78, 5) is 25.3. The molecule has 3 rings (SSSR count). The molecule has 0 aliphatic carbocycles. The van der Waals surface area contributed by atoms with Gasteiger partial charge in [-0.3, -0.25) is 4.90 Å². The van der Waals surface area contributed by atoms with Crippen molar-refractivity contribution < 1.29 is 9.53 Å². The highest BCUT2D eigenvalue weighted by Gasteiger charge is 2.18. The molecule has 28 heavy (non-hydrogen) atoms. The first-order chi connectivity index (χ1) is 13.7. The topological polar surface area (TPSA) is 82.6 Å². The molecule has 2 heterocycles. The minimum absolute atomic E-state index is 0.272. The van der Waals surface area contributed by atoms with E-state index in [-0.39, 0.29) is 6.03 Å². The van der Waals surface area contributed by atoms with Crippen molar-refractivity contribution >= 4 is 29.3 Å². The van der Waals surface area contributed by atoms with Crippen LogP contribution in [0.2, 0.25) is 5.02 Å². The number of aromatic nitrogens is 2. The molecule has 1 aromatic heterocycles. The van der Waals surface area contributed by atoms with Gasteiger partial charge in [0.1, 0.15) is 5.75 Å². The van der Waals surface area contributed by atoms with Crippen LogP contribution in [-0.2, 0) is 0 Å². The van der Waals surface area contributed by atoms with Crippen molar-refractivity contribution in [1.29, 1.82) is 0 Å². The molecular weight excluding hydrogens is 380 g/mol. The first-order valence-corrected chi connectivity index (χ1v) is 9.66. The van der Waals surface area contributed by atoms with Gasteiger partial charge in [0.05, 0.1) is 12.8 Å². The van der Waals surface area contributed by atoms with E-state index in [1.807, 2.05) is 6.07 Å². The summed E-state index contributed by atoms with van der Waals surface area (Å²) < 4.78 is 5.23. The van der Waals surface area contributed by atoms with Crippen LogP contribution in [-0.4, -0.2) is 67.3 Å². The zero-order valence-corrected chi connectivity index (χ0v) is 16.7. The third kappa shape index (κ3) is 5.71. The predicted octanol–water partition coefficient (Wildman–Crippen LogP) is 2.47. The first kappa shape index (κ1) is 20.2. The molecule has 1 saturated heterocycles. The number of urea groups is 1. The fourth-order valence-electron chi connectivity index (χ4n) is 3.07. The lowest BCUT2D eigenvalue weighted by Gasteiger charge is -2.34. The van der Waals surface area contributed by atoms with Gasteiger partial charge >= 0.3 is 6.03 Å². The number of methoxy groups -OCH3 is 1. The van der Waals surface area contributed by atoms with E-state index in [1.54, 1.807) is 37.7 Å². The van der Waals surface area contributed by atoms with E-state index in [4.69, 9.17) is 16.3 Å². The van der Waals surface area contributed by atoms with Gasteiger partial charge in [-0.05, 0) is 37.2 Å². The van der Waals surface area contributed by atoms with E-state index in [9.17, 15) is 4.79 Å². The van der Waals surface area contributed by atoms with Crippen LogP contribution in [0.15, 0.2) is 36.7 Å². The van der Waals surface area contributed by atoms with Crippen LogP contribution in [0.25, 0.3) is 0 Å². The number of nitrogens with one attached hydrogen (secondary N) is 2. The summed E-state index contributed by atoms with van der Waals surface area (Å²) in [5.74, 6) is 1.36. The maximum absolute atomic E-state index is 12.1. The molecule has 0 bridgehead atoms. The summed E-state index contributed by atoms with van der Waals surface area (Å²) in [6.07, 6.45) is 4.41. The van der Waals surface area contributed by atoms with Gasteiger partial charge < -0.3 is 20.3 Å². The number of carbonyl (C=O) groups excluding carboxylic acids is 1. The van der Waals surface area contributed by atoms with Crippen LogP contribution in [0.1, 0.15) is 6.42 Å². The lowest BCUT2D eigenvalue weighted by Crippen LogP contribution is -2.47. The number of benzene rings is 1. The van der Waals surface area contributed by atoms with Crippen LogP contribution in [0.3, 0.4) is 0 Å². The van der Waals surface area contributed by atoms with Gasteiger partial charge in [0, 0.05) is 50.1 Å². The molecule has 0 unspecified atom stereocenters. The fourth-order valence-corrected chi connectivity index (χ4v) is 3.25. The number of carbonyl (C=O) groups is 1. The third-order valence-corrected chi connectivity index (χ3v) is 4.79. The Bertz CT molecular complexity index is 768. The highest BCUT2D eigenvalue weighted by molar-refractivity contribution is 6.31. The van der Waals surface area contributed by atoms with E-state index in [2.05, 4.69) is 30.4 Å². The second-order valence-corrected chi connectivity index (χ2v) is 6.89. The maximum atomic E-state index is 12.1. The van der Waals surface area contributed by atoms with Crippen LogP contribution in [0.4, 0.5) is 16.4 Å². The van der Waals surface area contributed by atoms with E-state index in [0.717, 1.165) is 45.1 Å². The van der Waals surface area contributed by atoms with Crippen molar-refractivity contribution in [2.45, 2.75) is 6.42 Å². The molecule has 8 nitrogen and oxygen atoms in total. The number of ether oxygens (including phenoxy) is 1. The number of rotatable bonds is 7. The first-order valence-electron chi connectivity index (χ1n) is 9.28. The minimum Gasteiger partial charge on any atom is -0.495 e. The van der Waals surface area contributed by atoms with Crippen LogP contribution in [0, 0.1) is 0 Å². The molecule has 1 aliphatic rings. The Morgan fingerprint density at radius 3 is 2.68 bits per heavy atom. The fraction of sp³-hybridized carbons (Fsp3) is 0.421. The number of piperazine rings is 1. The number of amides is 2. The summed E-state index contributed by atoms with van der Waals surface area (Å²) in [7, 11) is 1.55. The molecule has 1 aromatic carbocycles. The molecule has 0 atom stereocenters. The van der Waals surface area contributed by atoms with Gasteiger partial charge in [0.15, 0.2) is 0 Å². The van der Waals surface area contributed by atoms with Crippen LogP contribution >= 0.6 is 11.6 Å². The van der Waals surface area contributed by atoms with Crippen molar-refractivity contribution in [3.63, 3.8) is 0 Å². The van der Waals surface area contributed by atoms with Gasteiger partial charge in [0.25, 0.3) is 0 Å². The average molecular weight is 405 g/mol. The van der Waals surface area contributed by atoms with E-state index in [1.165, 1.54) is 0 Å². The van der Waals surface area contributed by atoms with E-state index < -0.39 is 0 Å². The molecule has 1 aliphatic heterocycles. The number of hydrogen-bond donors (Lipinski definition) is 2. The smallest absolute Gasteiger partial charge is 0.319 e. The normalized spacial score (nSPS) is 14.6. The monoisotopic (exact) mass is 404 g/mol. The number of hydrogen-bond acceptors (Lipinski definition) is 6. The number of nitrogens with zero attached hydrogens (tertiary/aromatic N) is 4. The number of anilines is 2. The molecule has 9 heteroatoms. The van der Waals surface area contributed by atoms with Crippen molar-refractivity contribution in [3.8, 4) is 5.75 Å². The highest BCUT2D eigenvalue weighted by atomic mass is 35.5. The van der Waals surface area contributed by atoms with Gasteiger partial charge in [-0.15, -0.1) is 0 Å². The second-order valence-electron chi connectivity index (χ2n) is 6.46. The van der Waals surface area contributed by atoms with Crippen molar-refractivity contribution in [1.82, 2.24) is 20.2 Å². The molecule has 2 N–H and O–H groups in total. The van der Waals surface area contributed by atoms with Gasteiger partial charge in [-0.2, -0.15) is 0 Å². The quantitative estimate of drug-likeness (QED) is 0.690. The molecule has 0 spiro atoms. The molecule has 2 aromatic rings. The largest absolute Gasteiger partial charge is 0.495 e. The van der Waals surface area contributed by atoms with Crippen molar-refractivity contribution in [3.05, 3.63) is 41.7 Å². The lowest BCUT2D eigenvalue weighted by molar-refractivity contribution is 0.243. The van der Waals surface area contributed by atoms with Crippen molar-refractivity contribution in [2.75, 3.05) is 56.6 Å². The van der Waals surface area contributed by atoms with Crippen molar-refractivity contribution in [2.24, 2.45) is 0 Å². The van der Waals surface area contributed by atoms with Crippen LogP contribution in [0.5, 0.6) is 5.75 Å². The summed E-state index contributed by atoms with van der Waals surface area (Å²) in [6, 6.07) is 6.65. The Labute approximate surface area is 169 Å². The second kappa shape index (κ2) is 10.1. The SMILES string of the molecule is COc1ccc(Cl)cc1NC(=O)NCCCN1CCN(c2ncccn2)CC1. The van der Waals surface area contributed by atoms with E-state index in [0.29, 0.717) is 23.0 Å². The molecule has 150 valence electrons. The van der Waals surface area contributed by atoms with E-state index >= 15 is 0 Å². The van der Waals surface area contributed by atoms with Gasteiger partial charge in [-0.25, -0.2) is 14.8 Å². The Morgan fingerprint density at radius 1 is 1.21 bits per heavy atom. The molecule has 1 fully saturated rings. The van der Waals surface area contributed by atoms with Crippen LogP contribution < -0.4 is 20.3 Å². The molecule has 0 radical (unpaired) electrons. The number of halogens is 1. The Balaban J connectivity index is 1.34. The Hall–Kier alpha value is -2.58. The maximum Gasteiger partial charge on any atom is 0.319 e. The lowest BCUT2D eigenvalue weighted by atomic mass is 10.3. The zero-order chi connectivity index (χ0) is 19.8. The zero-order valence-electron chi connectivity index (χ0n) is 15.9. The summed E-state index contributed by atoms with van der Waals surface area (Å²) in [5.41, 5.74) is 0.548. The predicted molar refractivity (Wildman–Crippen MR) is 110 cm³/mol. The van der Waals surface area contributed by atoms with Gasteiger partial charge in [0.2, 0.25) is 5.95 Å². The molecule has 0 saturated carbocycles. The third-order valence-electron chi connectivity index (χ3n) is 4.55. The summed E-state index contributed by atoms with van der Waals surface area (Å²) in [5, 5.41) is 6.18. The Morgan fingerprint density at radius 2 is 1.96 bits per heavy atom. The minimum atomic E-state index is -0.272. The highest BCUT2D eigenvalue weighted by Crippen LogP contribution is 2.27.